The van der Waals surface area contributed by atoms with Gasteiger partial charge in [-0.2, -0.15) is 0 Å². The van der Waals surface area contributed by atoms with Crippen molar-refractivity contribution < 1.29 is 9.21 Å². The minimum Gasteiger partial charge on any atom is -0.461 e. The summed E-state index contributed by atoms with van der Waals surface area (Å²) >= 11 is 0. The molecule has 0 aliphatic carbocycles. The molecule has 0 aliphatic heterocycles. The van der Waals surface area contributed by atoms with Crippen LogP contribution in [0.15, 0.2) is 52.1 Å². The Labute approximate surface area is 169 Å². The second-order valence-corrected chi connectivity index (χ2v) is 6.59. The molecule has 2 heterocycles. The Kier molecular flexibility index (Phi) is 6.62. The molecule has 0 fully saturated rings. The number of aromatic amines is 1. The Bertz CT molecular complexity index is 961. The van der Waals surface area contributed by atoms with Crippen LogP contribution in [-0.4, -0.2) is 59.6 Å². The summed E-state index contributed by atoms with van der Waals surface area (Å²) in [6.45, 7) is 1.12. The van der Waals surface area contributed by atoms with E-state index < -0.39 is 0 Å². The fourth-order valence-corrected chi connectivity index (χ4v) is 2.72. The zero-order valence-corrected chi connectivity index (χ0v) is 16.8. The van der Waals surface area contributed by atoms with E-state index in [2.05, 4.69) is 30.8 Å². The third-order valence-corrected chi connectivity index (χ3v) is 4.21. The van der Waals surface area contributed by atoms with E-state index in [4.69, 9.17) is 4.42 Å². The van der Waals surface area contributed by atoms with Gasteiger partial charge in [-0.3, -0.25) is 14.9 Å². The Hall–Kier alpha value is -3.62. The van der Waals surface area contributed by atoms with Crippen molar-refractivity contribution in [2.45, 2.75) is 13.0 Å². The van der Waals surface area contributed by atoms with Crippen LogP contribution < -0.4 is 10.6 Å². The van der Waals surface area contributed by atoms with E-state index in [0.717, 1.165) is 12.0 Å². The maximum Gasteiger partial charge on any atom is 0.253 e. The molecule has 1 aromatic carbocycles. The van der Waals surface area contributed by atoms with Gasteiger partial charge in [0.1, 0.15) is 5.82 Å². The Morgan fingerprint density at radius 1 is 1.24 bits per heavy atom. The van der Waals surface area contributed by atoms with Crippen LogP contribution in [0, 0.1) is 0 Å². The number of nitrogens with one attached hydrogen (secondary N) is 3. The lowest BCUT2D eigenvalue weighted by Gasteiger charge is -2.12. The highest BCUT2D eigenvalue weighted by atomic mass is 16.3. The third-order valence-electron chi connectivity index (χ3n) is 4.21. The van der Waals surface area contributed by atoms with Crippen LogP contribution in [0.4, 0.5) is 0 Å². The minimum atomic E-state index is -0.00161. The number of guanidine groups is 1. The molecule has 3 rings (SSSR count). The number of nitrogens with zero attached hydrogens (tertiary/aromatic N) is 4. The highest BCUT2D eigenvalue weighted by Crippen LogP contribution is 2.14. The van der Waals surface area contributed by atoms with Crippen molar-refractivity contribution in [3.8, 4) is 11.6 Å². The molecule has 9 heteroatoms. The first kappa shape index (κ1) is 20.1. The molecule has 3 N–H and O–H groups in total. The number of hydrogen-bond donors (Lipinski definition) is 3. The molecule has 3 aromatic rings. The number of carbonyl (C=O) groups is 1. The second-order valence-electron chi connectivity index (χ2n) is 6.59. The number of furan rings is 1. The molecule has 29 heavy (non-hydrogen) atoms. The third kappa shape index (κ3) is 5.44. The van der Waals surface area contributed by atoms with Crippen molar-refractivity contribution in [3.05, 3.63) is 59.6 Å². The predicted molar refractivity (Wildman–Crippen MR) is 110 cm³/mol. The van der Waals surface area contributed by atoms with Crippen LogP contribution in [0.3, 0.4) is 0 Å². The molecule has 152 valence electrons. The van der Waals surface area contributed by atoms with Crippen LogP contribution >= 0.6 is 0 Å². The summed E-state index contributed by atoms with van der Waals surface area (Å²) in [7, 11) is 5.21. The molecule has 1 amide bonds. The molecule has 0 saturated heterocycles. The molecule has 0 aliphatic rings. The van der Waals surface area contributed by atoms with Gasteiger partial charge >= 0.3 is 0 Å². The molecule has 9 nitrogen and oxygen atoms in total. The van der Waals surface area contributed by atoms with Crippen molar-refractivity contribution in [1.29, 1.82) is 0 Å². The fourth-order valence-electron chi connectivity index (χ4n) is 2.72. The number of carbonyl (C=O) groups excluding carboxylic acids is 1. The molecule has 0 spiro atoms. The largest absolute Gasteiger partial charge is 0.461 e. The summed E-state index contributed by atoms with van der Waals surface area (Å²) in [5.74, 6) is 2.46. The standard InChI is InChI=1S/C20H25N7O2/c1-21-20(23-13-17-24-18(26-25-17)16-8-5-11-29-16)22-10-9-14-6-4-7-15(12-14)19(28)27(2)3/h4-8,11-12H,9-10,13H2,1-3H3,(H2,21,22,23)(H,24,25,26). The quantitative estimate of drug-likeness (QED) is 0.415. The summed E-state index contributed by atoms with van der Waals surface area (Å²) in [6.07, 6.45) is 2.35. The van der Waals surface area contributed by atoms with E-state index in [1.54, 1.807) is 38.4 Å². The first-order chi connectivity index (χ1) is 14.1. The van der Waals surface area contributed by atoms with Gasteiger partial charge in [0, 0.05) is 33.3 Å². The van der Waals surface area contributed by atoms with Gasteiger partial charge < -0.3 is 20.0 Å². The number of hydrogen-bond acceptors (Lipinski definition) is 5. The topological polar surface area (TPSA) is 111 Å². The number of benzene rings is 1. The highest BCUT2D eigenvalue weighted by molar-refractivity contribution is 5.94. The van der Waals surface area contributed by atoms with Gasteiger partial charge in [-0.1, -0.05) is 12.1 Å². The first-order valence-electron chi connectivity index (χ1n) is 9.27. The molecule has 0 saturated carbocycles. The number of H-pyrrole nitrogens is 1. The van der Waals surface area contributed by atoms with Gasteiger partial charge in [-0.25, -0.2) is 4.98 Å². The van der Waals surface area contributed by atoms with E-state index in [1.165, 1.54) is 0 Å². The summed E-state index contributed by atoms with van der Waals surface area (Å²) in [5, 5.41) is 13.5. The van der Waals surface area contributed by atoms with Gasteiger partial charge in [0.05, 0.1) is 12.8 Å². The average Bonchev–Trinajstić information content (AvgIpc) is 3.41. The lowest BCUT2D eigenvalue weighted by atomic mass is 10.1. The maximum atomic E-state index is 12.1. The van der Waals surface area contributed by atoms with Crippen molar-refractivity contribution in [2.75, 3.05) is 27.7 Å². The molecule has 0 radical (unpaired) electrons. The minimum absolute atomic E-state index is 0.00161. The number of aliphatic imine (C=N–C) groups is 1. The number of amides is 1. The molecule has 0 unspecified atom stereocenters. The molecule has 0 bridgehead atoms. The summed E-state index contributed by atoms with van der Waals surface area (Å²) in [4.78, 5) is 22.3. The van der Waals surface area contributed by atoms with Gasteiger partial charge in [-0.05, 0) is 36.2 Å². The maximum absolute atomic E-state index is 12.1. The zero-order valence-electron chi connectivity index (χ0n) is 16.8. The summed E-state index contributed by atoms with van der Waals surface area (Å²) in [6, 6.07) is 11.3. The van der Waals surface area contributed by atoms with E-state index in [0.29, 0.717) is 42.0 Å². The van der Waals surface area contributed by atoms with E-state index in [1.807, 2.05) is 30.3 Å². The normalized spacial score (nSPS) is 11.3. The van der Waals surface area contributed by atoms with Crippen LogP contribution in [-0.2, 0) is 13.0 Å². The molecule has 2 aromatic heterocycles. The van der Waals surface area contributed by atoms with Gasteiger partial charge in [0.25, 0.3) is 5.91 Å². The number of rotatable bonds is 7. The van der Waals surface area contributed by atoms with Crippen molar-refractivity contribution >= 4 is 11.9 Å². The zero-order chi connectivity index (χ0) is 20.6. The summed E-state index contributed by atoms with van der Waals surface area (Å²) < 4.78 is 5.29. The van der Waals surface area contributed by atoms with Crippen molar-refractivity contribution in [2.24, 2.45) is 4.99 Å². The van der Waals surface area contributed by atoms with Crippen molar-refractivity contribution in [1.82, 2.24) is 30.7 Å². The lowest BCUT2D eigenvalue weighted by molar-refractivity contribution is 0.0827. The van der Waals surface area contributed by atoms with E-state index in [9.17, 15) is 4.79 Å². The monoisotopic (exact) mass is 395 g/mol. The Balaban J connectivity index is 1.48. The lowest BCUT2D eigenvalue weighted by Crippen LogP contribution is -2.38. The van der Waals surface area contributed by atoms with Gasteiger partial charge in [-0.15, -0.1) is 5.10 Å². The first-order valence-corrected chi connectivity index (χ1v) is 9.27. The predicted octanol–water partition coefficient (Wildman–Crippen LogP) is 1.67. The molecular formula is C20H25N7O2. The van der Waals surface area contributed by atoms with Crippen LogP contribution in [0.1, 0.15) is 21.7 Å². The smallest absolute Gasteiger partial charge is 0.253 e. The van der Waals surface area contributed by atoms with Crippen LogP contribution in [0.5, 0.6) is 0 Å². The Morgan fingerprint density at radius 2 is 2.10 bits per heavy atom. The van der Waals surface area contributed by atoms with E-state index in [-0.39, 0.29) is 5.91 Å². The van der Waals surface area contributed by atoms with Crippen LogP contribution in [0.25, 0.3) is 11.6 Å². The fraction of sp³-hybridized carbons (Fsp3) is 0.300. The van der Waals surface area contributed by atoms with Gasteiger partial charge in [0.15, 0.2) is 11.7 Å². The Morgan fingerprint density at radius 3 is 2.83 bits per heavy atom. The average molecular weight is 395 g/mol. The summed E-state index contributed by atoms with van der Waals surface area (Å²) in [5.41, 5.74) is 1.77. The SMILES string of the molecule is CN=C(NCCc1cccc(C(=O)N(C)C)c1)NCc1nc(-c2ccco2)n[nH]1. The second kappa shape index (κ2) is 9.54. The van der Waals surface area contributed by atoms with Gasteiger partial charge in [0.2, 0.25) is 5.82 Å². The van der Waals surface area contributed by atoms with Crippen LogP contribution in [0.2, 0.25) is 0 Å². The molecule has 0 atom stereocenters. The molecular weight excluding hydrogens is 370 g/mol. The van der Waals surface area contributed by atoms with Crippen molar-refractivity contribution in [3.63, 3.8) is 0 Å². The van der Waals surface area contributed by atoms with E-state index >= 15 is 0 Å². The highest BCUT2D eigenvalue weighted by Gasteiger charge is 2.10. The number of aromatic nitrogens is 3.